The molecule has 0 spiro atoms. The van der Waals surface area contributed by atoms with Crippen molar-refractivity contribution in [2.24, 2.45) is 0 Å². The Hall–Kier alpha value is -3.39. The molecule has 0 radical (unpaired) electrons. The van der Waals surface area contributed by atoms with Gasteiger partial charge in [-0.25, -0.2) is 9.97 Å². The average Bonchev–Trinajstić information content (AvgIpc) is 2.84. The number of anilines is 2. The van der Waals surface area contributed by atoms with Gasteiger partial charge in [-0.15, -0.1) is 0 Å². The summed E-state index contributed by atoms with van der Waals surface area (Å²) in [6, 6.07) is 8.20. The fourth-order valence-corrected chi connectivity index (χ4v) is 4.21. The maximum atomic E-state index is 5.52. The van der Waals surface area contributed by atoms with Crippen molar-refractivity contribution in [2.45, 2.75) is 59.9 Å². The Kier molecular flexibility index (Phi) is 9.69. The highest BCUT2D eigenvalue weighted by Crippen LogP contribution is 2.33. The zero-order valence-corrected chi connectivity index (χ0v) is 23.5. The molecule has 0 aliphatic carbocycles. The Morgan fingerprint density at radius 3 is 2.49 bits per heavy atom. The number of ether oxygens (including phenoxy) is 1. The highest BCUT2D eigenvalue weighted by molar-refractivity contribution is 5.88. The van der Waals surface area contributed by atoms with E-state index in [1.165, 1.54) is 0 Å². The minimum Gasteiger partial charge on any atom is -0.497 e. The van der Waals surface area contributed by atoms with Crippen LogP contribution in [0.2, 0.25) is 0 Å². The summed E-state index contributed by atoms with van der Waals surface area (Å²) < 4.78 is 5.52. The van der Waals surface area contributed by atoms with Gasteiger partial charge >= 0.3 is 0 Å². The molecule has 3 N–H and O–H groups in total. The van der Waals surface area contributed by atoms with E-state index in [1.54, 1.807) is 7.11 Å². The highest BCUT2D eigenvalue weighted by Gasteiger charge is 2.16. The Morgan fingerprint density at radius 2 is 1.81 bits per heavy atom. The molecule has 0 unspecified atom stereocenters. The first-order chi connectivity index (χ1) is 17.6. The Labute approximate surface area is 222 Å². The van der Waals surface area contributed by atoms with Crippen LogP contribution in [0.25, 0.3) is 22.2 Å². The Morgan fingerprint density at radius 1 is 1.05 bits per heavy atom. The third-order valence-electron chi connectivity index (χ3n) is 6.04. The molecule has 3 aromatic rings. The van der Waals surface area contributed by atoms with Crippen LogP contribution in [0, 0.1) is 6.92 Å². The number of aryl methyl sites for hydroxylation is 1. The number of unbranched alkanes of at least 4 members (excludes halogenated alkanes) is 1. The van der Waals surface area contributed by atoms with Crippen molar-refractivity contribution in [3.63, 3.8) is 0 Å². The maximum Gasteiger partial charge on any atom is 0.224 e. The van der Waals surface area contributed by atoms with Crippen LogP contribution in [0.5, 0.6) is 5.75 Å². The zero-order chi connectivity index (χ0) is 27.0. The summed E-state index contributed by atoms with van der Waals surface area (Å²) in [5.41, 5.74) is 3.50. The SMILES string of the molecule is C=C(Nc1nc2nc(NCCCCN(CC)CC)ncc2cc1-c1cc(C)cc(OC)c1)NC(C)(C)C. The maximum absolute atomic E-state index is 5.52. The smallest absolute Gasteiger partial charge is 0.224 e. The van der Waals surface area contributed by atoms with E-state index in [4.69, 9.17) is 14.7 Å². The van der Waals surface area contributed by atoms with Gasteiger partial charge in [0.25, 0.3) is 0 Å². The fraction of sp³-hybridized carbons (Fsp3) is 0.483. The molecule has 200 valence electrons. The number of nitrogens with zero attached hydrogens (tertiary/aromatic N) is 4. The number of pyridine rings is 1. The number of nitrogens with one attached hydrogen (secondary N) is 3. The molecule has 0 aliphatic heterocycles. The van der Waals surface area contributed by atoms with Gasteiger partial charge in [-0.2, -0.15) is 4.98 Å². The second kappa shape index (κ2) is 12.7. The normalized spacial score (nSPS) is 11.6. The zero-order valence-electron chi connectivity index (χ0n) is 23.5. The van der Waals surface area contributed by atoms with Crippen LogP contribution < -0.4 is 20.7 Å². The minimum absolute atomic E-state index is 0.141. The number of methoxy groups -OCH3 is 1. The van der Waals surface area contributed by atoms with E-state index >= 15 is 0 Å². The van der Waals surface area contributed by atoms with Crippen LogP contribution in [0.1, 0.15) is 53.0 Å². The molecule has 0 atom stereocenters. The molecule has 0 aliphatic rings. The van der Waals surface area contributed by atoms with Crippen LogP contribution in [0.3, 0.4) is 0 Å². The number of hydrogen-bond donors (Lipinski definition) is 3. The Bertz CT molecular complexity index is 1200. The molecule has 37 heavy (non-hydrogen) atoms. The predicted molar refractivity (Wildman–Crippen MR) is 155 cm³/mol. The summed E-state index contributed by atoms with van der Waals surface area (Å²) in [5, 5.41) is 11.0. The van der Waals surface area contributed by atoms with Crippen molar-refractivity contribution in [1.29, 1.82) is 0 Å². The predicted octanol–water partition coefficient (Wildman–Crippen LogP) is 5.81. The van der Waals surface area contributed by atoms with Crippen molar-refractivity contribution >= 4 is 22.8 Å². The van der Waals surface area contributed by atoms with Crippen molar-refractivity contribution in [3.8, 4) is 16.9 Å². The second-order valence-corrected chi connectivity index (χ2v) is 10.4. The minimum atomic E-state index is -0.141. The van der Waals surface area contributed by atoms with Gasteiger partial charge in [-0.3, -0.25) is 0 Å². The lowest BCUT2D eigenvalue weighted by Crippen LogP contribution is -2.37. The van der Waals surface area contributed by atoms with E-state index in [9.17, 15) is 0 Å². The van der Waals surface area contributed by atoms with Gasteiger partial charge in [0.15, 0.2) is 5.65 Å². The van der Waals surface area contributed by atoms with Crippen molar-refractivity contribution < 1.29 is 4.74 Å². The number of rotatable bonds is 13. The van der Waals surface area contributed by atoms with Gasteiger partial charge in [0.1, 0.15) is 11.6 Å². The molecule has 1 aromatic carbocycles. The molecule has 2 aromatic heterocycles. The summed E-state index contributed by atoms with van der Waals surface area (Å²) >= 11 is 0. The summed E-state index contributed by atoms with van der Waals surface area (Å²) in [7, 11) is 1.68. The summed E-state index contributed by atoms with van der Waals surface area (Å²) in [6.07, 6.45) is 4.03. The largest absolute Gasteiger partial charge is 0.497 e. The third kappa shape index (κ3) is 8.32. The van der Waals surface area contributed by atoms with Gasteiger partial charge < -0.3 is 25.6 Å². The van der Waals surface area contributed by atoms with E-state index in [1.807, 2.05) is 18.3 Å². The third-order valence-corrected chi connectivity index (χ3v) is 6.04. The molecule has 8 heteroatoms. The van der Waals surface area contributed by atoms with Gasteiger partial charge in [0, 0.05) is 29.2 Å². The number of hydrogen-bond acceptors (Lipinski definition) is 8. The van der Waals surface area contributed by atoms with Crippen LogP contribution in [-0.4, -0.2) is 58.7 Å². The first-order valence-corrected chi connectivity index (χ1v) is 13.2. The molecule has 2 heterocycles. The van der Waals surface area contributed by atoms with E-state index in [2.05, 4.69) is 86.1 Å². The van der Waals surface area contributed by atoms with Crippen LogP contribution in [0.15, 0.2) is 42.9 Å². The number of aromatic nitrogens is 3. The summed E-state index contributed by atoms with van der Waals surface area (Å²) in [4.78, 5) is 16.6. The van der Waals surface area contributed by atoms with Crippen molar-refractivity contribution in [2.75, 3.05) is 43.9 Å². The topological polar surface area (TPSA) is 87.2 Å². The first kappa shape index (κ1) is 28.2. The highest BCUT2D eigenvalue weighted by atomic mass is 16.5. The Balaban J connectivity index is 1.88. The first-order valence-electron chi connectivity index (χ1n) is 13.2. The molecule has 3 rings (SSSR count). The van der Waals surface area contributed by atoms with Crippen molar-refractivity contribution in [1.82, 2.24) is 25.2 Å². The second-order valence-electron chi connectivity index (χ2n) is 10.4. The molecule has 0 amide bonds. The lowest BCUT2D eigenvalue weighted by molar-refractivity contribution is 0.298. The molecule has 0 saturated heterocycles. The van der Waals surface area contributed by atoms with Gasteiger partial charge in [0.05, 0.1) is 12.9 Å². The molecular formula is C29H43N7O. The van der Waals surface area contributed by atoms with Crippen LogP contribution in [0.4, 0.5) is 11.8 Å². The van der Waals surface area contributed by atoms with Crippen LogP contribution >= 0.6 is 0 Å². The van der Waals surface area contributed by atoms with Gasteiger partial charge in [-0.1, -0.05) is 26.5 Å². The standard InChI is InChI=1S/C29H43N7O/c1-9-36(10-2)14-12-11-13-30-28-31-19-23-18-25(22-15-20(3)16-24(17-22)37-8)27(33-26(23)34-28)32-21(4)35-29(5,6)7/h15-19,35H,4,9-14H2,1-3,5-8H3,(H2,30,31,32,33,34). The van der Waals surface area contributed by atoms with E-state index in [-0.39, 0.29) is 5.54 Å². The molecule has 0 bridgehead atoms. The number of benzene rings is 1. The van der Waals surface area contributed by atoms with E-state index in [0.29, 0.717) is 23.2 Å². The lowest BCUT2D eigenvalue weighted by atomic mass is 10.0. The molecule has 0 saturated carbocycles. The lowest BCUT2D eigenvalue weighted by Gasteiger charge is -2.25. The fourth-order valence-electron chi connectivity index (χ4n) is 4.21. The molecular weight excluding hydrogens is 462 g/mol. The average molecular weight is 506 g/mol. The molecule has 8 nitrogen and oxygen atoms in total. The summed E-state index contributed by atoms with van der Waals surface area (Å²) in [6.45, 7) is 21.0. The van der Waals surface area contributed by atoms with E-state index < -0.39 is 0 Å². The summed E-state index contributed by atoms with van der Waals surface area (Å²) in [5.74, 6) is 2.72. The quantitative estimate of drug-likeness (QED) is 0.251. The molecule has 0 fully saturated rings. The number of fused-ring (bicyclic) bond motifs is 1. The monoisotopic (exact) mass is 505 g/mol. The van der Waals surface area contributed by atoms with Gasteiger partial charge in [-0.05, 0) is 89.5 Å². The van der Waals surface area contributed by atoms with Crippen molar-refractivity contribution in [3.05, 3.63) is 48.4 Å². The van der Waals surface area contributed by atoms with E-state index in [0.717, 1.165) is 66.8 Å². The van der Waals surface area contributed by atoms with Crippen LogP contribution in [-0.2, 0) is 0 Å². The van der Waals surface area contributed by atoms with Gasteiger partial charge in [0.2, 0.25) is 5.95 Å².